The Kier molecular flexibility index (Phi) is 5.80. The third-order valence-corrected chi connectivity index (χ3v) is 4.30. The number of ketones is 2. The number of carbonyl (C=O) groups excluding carboxylic acids is 3. The molecule has 0 bridgehead atoms. The van der Waals surface area contributed by atoms with E-state index < -0.39 is 28.5 Å². The van der Waals surface area contributed by atoms with Gasteiger partial charge >= 0.3 is 5.97 Å². The van der Waals surface area contributed by atoms with Gasteiger partial charge in [-0.15, -0.1) is 0 Å². The maximum Gasteiger partial charge on any atom is 0.345 e. The number of aryl methyl sites for hydroxylation is 1. The quantitative estimate of drug-likeness (QED) is 0.345. The number of aromatic nitrogens is 1. The van der Waals surface area contributed by atoms with Crippen LogP contribution in [0.25, 0.3) is 0 Å². The van der Waals surface area contributed by atoms with Crippen LogP contribution in [0.3, 0.4) is 0 Å². The lowest BCUT2D eigenvalue weighted by atomic mass is 10.0. The van der Waals surface area contributed by atoms with Crippen LogP contribution in [-0.4, -0.2) is 33.5 Å². The van der Waals surface area contributed by atoms with Gasteiger partial charge in [0, 0.05) is 22.3 Å². The zero-order valence-corrected chi connectivity index (χ0v) is 15.8. The monoisotopic (exact) mass is 392 g/mol. The smallest absolute Gasteiger partial charge is 0.345 e. The molecular weight excluding hydrogens is 376 g/mol. The molecule has 0 aliphatic carbocycles. The number of nitro benzene ring substituents is 1. The van der Waals surface area contributed by atoms with Crippen molar-refractivity contribution in [3.63, 3.8) is 0 Å². The van der Waals surface area contributed by atoms with E-state index >= 15 is 0 Å². The summed E-state index contributed by atoms with van der Waals surface area (Å²) in [6, 6.07) is 3.47. The van der Waals surface area contributed by atoms with Crippen LogP contribution in [0.4, 0.5) is 5.69 Å². The van der Waals surface area contributed by atoms with Crippen molar-refractivity contribution < 1.29 is 24.0 Å². The number of nitro groups is 1. The Morgan fingerprint density at radius 1 is 1.26 bits per heavy atom. The second-order valence-corrected chi connectivity index (χ2v) is 6.45. The number of Topliss-reactive ketones (excluding diaryl/α,β-unsaturated/α-hetero) is 2. The summed E-state index contributed by atoms with van der Waals surface area (Å²) >= 11 is 5.80. The van der Waals surface area contributed by atoms with Crippen molar-refractivity contribution in [1.29, 1.82) is 0 Å². The van der Waals surface area contributed by atoms with Crippen molar-refractivity contribution in [3.05, 3.63) is 61.4 Å². The minimum absolute atomic E-state index is 0.119. The number of ether oxygens (including phenoxy) is 1. The van der Waals surface area contributed by atoms with Gasteiger partial charge in [-0.3, -0.25) is 19.7 Å². The highest BCUT2D eigenvalue weighted by Crippen LogP contribution is 2.25. The van der Waals surface area contributed by atoms with Gasteiger partial charge in [-0.05, 0) is 45.4 Å². The molecule has 2 aromatic rings. The Hall–Kier alpha value is -3.00. The summed E-state index contributed by atoms with van der Waals surface area (Å²) in [5, 5.41) is 11.2. The number of nitrogens with zero attached hydrogens (tertiary/aromatic N) is 1. The van der Waals surface area contributed by atoms with E-state index in [-0.39, 0.29) is 22.1 Å². The number of nitrogens with one attached hydrogen (secondary N) is 1. The molecule has 0 radical (unpaired) electrons. The number of hydrogen-bond acceptors (Lipinski definition) is 6. The number of hydrogen-bond donors (Lipinski definition) is 1. The van der Waals surface area contributed by atoms with E-state index in [4.69, 9.17) is 16.3 Å². The summed E-state index contributed by atoms with van der Waals surface area (Å²) < 4.78 is 5.11. The Morgan fingerprint density at radius 3 is 2.41 bits per heavy atom. The molecule has 0 aliphatic rings. The van der Waals surface area contributed by atoms with Crippen LogP contribution in [0.15, 0.2) is 18.2 Å². The molecular formula is C18H17ClN2O6. The summed E-state index contributed by atoms with van der Waals surface area (Å²) in [4.78, 5) is 49.8. The number of rotatable bonds is 6. The number of halogens is 1. The van der Waals surface area contributed by atoms with Crippen molar-refractivity contribution in [3.8, 4) is 0 Å². The molecule has 142 valence electrons. The molecule has 1 aromatic carbocycles. The minimum Gasteiger partial charge on any atom is -0.450 e. The predicted octanol–water partition coefficient (Wildman–Crippen LogP) is 3.82. The molecule has 0 spiro atoms. The van der Waals surface area contributed by atoms with Gasteiger partial charge in [0.1, 0.15) is 5.56 Å². The van der Waals surface area contributed by atoms with E-state index in [2.05, 4.69) is 4.98 Å². The highest BCUT2D eigenvalue weighted by Gasteiger charge is 2.29. The minimum atomic E-state index is -1.23. The third kappa shape index (κ3) is 4.06. The molecule has 1 atom stereocenters. The summed E-state index contributed by atoms with van der Waals surface area (Å²) in [7, 11) is 0. The maximum absolute atomic E-state index is 12.6. The summed E-state index contributed by atoms with van der Waals surface area (Å²) in [6.07, 6.45) is -1.23. The van der Waals surface area contributed by atoms with E-state index in [1.54, 1.807) is 13.8 Å². The van der Waals surface area contributed by atoms with Crippen LogP contribution in [0.1, 0.15) is 56.3 Å². The second-order valence-electron chi connectivity index (χ2n) is 6.01. The molecule has 0 unspecified atom stereocenters. The number of carbonyl (C=O) groups is 3. The Bertz CT molecular complexity index is 963. The molecule has 1 aromatic heterocycles. The summed E-state index contributed by atoms with van der Waals surface area (Å²) in [6.45, 7) is 6.01. The fourth-order valence-corrected chi connectivity index (χ4v) is 3.01. The average Bonchev–Trinajstić information content (AvgIpc) is 2.88. The SMILES string of the molecule is CC(=O)c1c(C)[nH]c(C(=O)[C@@H](C)OC(=O)c2cc(Cl)ccc2[N+](=O)[O-])c1C. The lowest BCUT2D eigenvalue weighted by molar-refractivity contribution is -0.385. The van der Waals surface area contributed by atoms with Crippen molar-refractivity contribution in [1.82, 2.24) is 4.98 Å². The zero-order valence-electron chi connectivity index (χ0n) is 15.1. The van der Waals surface area contributed by atoms with Crippen LogP contribution >= 0.6 is 11.6 Å². The van der Waals surface area contributed by atoms with Gasteiger partial charge in [0.15, 0.2) is 11.9 Å². The fourth-order valence-electron chi connectivity index (χ4n) is 2.84. The van der Waals surface area contributed by atoms with Gasteiger partial charge in [0.05, 0.1) is 10.6 Å². The van der Waals surface area contributed by atoms with Crippen LogP contribution in [0, 0.1) is 24.0 Å². The lowest BCUT2D eigenvalue weighted by Crippen LogP contribution is -2.25. The van der Waals surface area contributed by atoms with E-state index in [0.29, 0.717) is 16.8 Å². The molecule has 9 heteroatoms. The summed E-state index contributed by atoms with van der Waals surface area (Å²) in [5.41, 5.74) is 0.723. The van der Waals surface area contributed by atoms with Gasteiger partial charge < -0.3 is 9.72 Å². The van der Waals surface area contributed by atoms with Crippen molar-refractivity contribution in [2.75, 3.05) is 0 Å². The number of H-pyrrole nitrogens is 1. The van der Waals surface area contributed by atoms with Crippen LogP contribution in [0.5, 0.6) is 0 Å². The number of esters is 1. The normalized spacial score (nSPS) is 11.7. The first-order valence-electron chi connectivity index (χ1n) is 7.93. The summed E-state index contributed by atoms with van der Waals surface area (Å²) in [5.74, 6) is -1.79. The Labute approximate surface area is 159 Å². The van der Waals surface area contributed by atoms with E-state index in [1.807, 2.05) is 0 Å². The highest BCUT2D eigenvalue weighted by molar-refractivity contribution is 6.31. The van der Waals surface area contributed by atoms with E-state index in [0.717, 1.165) is 12.1 Å². The molecule has 0 amide bonds. The first-order valence-corrected chi connectivity index (χ1v) is 8.31. The topological polar surface area (TPSA) is 119 Å². The Morgan fingerprint density at radius 2 is 1.89 bits per heavy atom. The van der Waals surface area contributed by atoms with Crippen molar-refractivity contribution in [2.24, 2.45) is 0 Å². The molecule has 0 aliphatic heterocycles. The predicted molar refractivity (Wildman–Crippen MR) is 97.6 cm³/mol. The molecule has 0 saturated carbocycles. The Balaban J connectivity index is 2.29. The molecule has 1 N–H and O–H groups in total. The van der Waals surface area contributed by atoms with E-state index in [1.165, 1.54) is 19.9 Å². The van der Waals surface area contributed by atoms with Gasteiger partial charge in [0.25, 0.3) is 5.69 Å². The van der Waals surface area contributed by atoms with Crippen molar-refractivity contribution >= 4 is 34.8 Å². The first kappa shape index (κ1) is 20.3. The third-order valence-electron chi connectivity index (χ3n) is 4.06. The van der Waals surface area contributed by atoms with Crippen LogP contribution in [0.2, 0.25) is 5.02 Å². The van der Waals surface area contributed by atoms with E-state index in [9.17, 15) is 24.5 Å². The average molecular weight is 393 g/mol. The fraction of sp³-hybridized carbons (Fsp3) is 0.278. The van der Waals surface area contributed by atoms with Gasteiger partial charge in [0.2, 0.25) is 5.78 Å². The number of benzene rings is 1. The molecule has 0 fully saturated rings. The first-order chi connectivity index (χ1) is 12.5. The molecule has 0 saturated heterocycles. The standard InChI is InChI=1S/C18H17ClN2O6/c1-8-15(10(3)22)9(2)20-16(8)17(23)11(4)27-18(24)13-7-12(19)5-6-14(13)21(25)26/h5-7,11,20H,1-4H3/t11-/m1/s1. The molecule has 1 heterocycles. The molecule has 8 nitrogen and oxygen atoms in total. The zero-order chi connectivity index (χ0) is 20.5. The molecule has 27 heavy (non-hydrogen) atoms. The maximum atomic E-state index is 12.6. The van der Waals surface area contributed by atoms with Gasteiger partial charge in [-0.2, -0.15) is 0 Å². The van der Waals surface area contributed by atoms with Gasteiger partial charge in [-0.1, -0.05) is 11.6 Å². The molecule has 2 rings (SSSR count). The lowest BCUT2D eigenvalue weighted by Gasteiger charge is -2.12. The van der Waals surface area contributed by atoms with Gasteiger partial charge in [-0.25, -0.2) is 4.79 Å². The highest BCUT2D eigenvalue weighted by atomic mass is 35.5. The largest absolute Gasteiger partial charge is 0.450 e. The number of aromatic amines is 1. The van der Waals surface area contributed by atoms with Crippen LogP contribution < -0.4 is 0 Å². The van der Waals surface area contributed by atoms with Crippen molar-refractivity contribution in [2.45, 2.75) is 33.8 Å². The van der Waals surface area contributed by atoms with Crippen LogP contribution in [-0.2, 0) is 4.74 Å². The second kappa shape index (κ2) is 7.71.